The third kappa shape index (κ3) is 5.46. The lowest BCUT2D eigenvalue weighted by Gasteiger charge is -2.13. The molecule has 0 aliphatic rings. The van der Waals surface area contributed by atoms with Gasteiger partial charge in [-0.2, -0.15) is 13.2 Å². The lowest BCUT2D eigenvalue weighted by molar-refractivity contribution is -0.138. The van der Waals surface area contributed by atoms with Gasteiger partial charge in [-0.15, -0.1) is 0 Å². The highest BCUT2D eigenvalue weighted by atomic mass is 35.5. The Hall–Kier alpha value is -2.59. The Kier molecular flexibility index (Phi) is 6.22. The maximum atomic E-state index is 12.8. The summed E-state index contributed by atoms with van der Waals surface area (Å²) in [5, 5.41) is 2.20. The number of hydrogen-bond donors (Lipinski definition) is 3. The van der Waals surface area contributed by atoms with Crippen LogP contribution in [0, 0.1) is 0 Å². The molecule has 1 aromatic carbocycles. The van der Waals surface area contributed by atoms with Crippen LogP contribution in [0.4, 0.5) is 18.9 Å². The largest absolute Gasteiger partial charge is 0.417 e. The third-order valence-corrected chi connectivity index (χ3v) is 3.51. The van der Waals surface area contributed by atoms with Crippen LogP contribution >= 0.6 is 23.8 Å². The number of anilines is 1. The van der Waals surface area contributed by atoms with E-state index in [1.807, 2.05) is 0 Å². The van der Waals surface area contributed by atoms with E-state index in [1.54, 1.807) is 30.3 Å². The molecule has 1 heterocycles. The van der Waals surface area contributed by atoms with Crippen molar-refractivity contribution in [1.82, 2.24) is 15.4 Å². The molecule has 138 valence electrons. The van der Waals surface area contributed by atoms with Crippen LogP contribution in [0.25, 0.3) is 0 Å². The summed E-state index contributed by atoms with van der Waals surface area (Å²) >= 11 is 10.5. The predicted octanol–water partition coefficient (Wildman–Crippen LogP) is 2.54. The summed E-state index contributed by atoms with van der Waals surface area (Å²) in [5.74, 6) is -0.792. The SMILES string of the molecule is O=C(Cn1cc(C(F)(F)F)cc(Cl)c1=O)NNC(=S)Nc1ccccc1. The third-order valence-electron chi connectivity index (χ3n) is 3.03. The van der Waals surface area contributed by atoms with Gasteiger partial charge in [-0.25, -0.2) is 0 Å². The van der Waals surface area contributed by atoms with Crippen LogP contribution in [0.15, 0.2) is 47.4 Å². The van der Waals surface area contributed by atoms with Crippen LogP contribution in [0.1, 0.15) is 5.56 Å². The van der Waals surface area contributed by atoms with Crippen LogP contribution in [0.5, 0.6) is 0 Å². The fourth-order valence-corrected chi connectivity index (χ4v) is 2.27. The fourth-order valence-electron chi connectivity index (χ4n) is 1.88. The molecule has 0 unspecified atom stereocenters. The van der Waals surface area contributed by atoms with Crippen LogP contribution in [-0.2, 0) is 17.5 Å². The highest BCUT2D eigenvalue weighted by Crippen LogP contribution is 2.29. The minimum atomic E-state index is -4.70. The molecule has 0 bridgehead atoms. The number of carbonyl (C=O) groups excluding carboxylic acids is 1. The van der Waals surface area contributed by atoms with E-state index in [2.05, 4.69) is 16.2 Å². The average Bonchev–Trinajstić information content (AvgIpc) is 2.57. The van der Waals surface area contributed by atoms with Gasteiger partial charge in [0, 0.05) is 11.9 Å². The smallest absolute Gasteiger partial charge is 0.331 e. The minimum absolute atomic E-state index is 0.0546. The molecule has 0 aliphatic heterocycles. The number of halogens is 4. The topological polar surface area (TPSA) is 75.2 Å². The molecule has 1 aromatic heterocycles. The standard InChI is InChI=1S/C15H12ClF3N4O2S/c16-11-6-9(15(17,18)19)7-23(13(11)25)8-12(24)21-22-14(26)20-10-4-2-1-3-5-10/h1-7H,8H2,(H,21,24)(H2,20,22,26). The number of amides is 1. The number of aromatic nitrogens is 1. The minimum Gasteiger partial charge on any atom is -0.331 e. The molecule has 2 aromatic rings. The molecule has 0 radical (unpaired) electrons. The molecular weight excluding hydrogens is 393 g/mol. The van der Waals surface area contributed by atoms with Crippen LogP contribution in [-0.4, -0.2) is 15.6 Å². The van der Waals surface area contributed by atoms with Gasteiger partial charge in [0.1, 0.15) is 11.6 Å². The molecule has 0 fully saturated rings. The molecule has 0 atom stereocenters. The second kappa shape index (κ2) is 8.19. The van der Waals surface area contributed by atoms with Gasteiger partial charge >= 0.3 is 6.18 Å². The Balaban J connectivity index is 1.98. The summed E-state index contributed by atoms with van der Waals surface area (Å²) in [6.45, 7) is -0.677. The molecule has 0 saturated carbocycles. The summed E-state index contributed by atoms with van der Waals surface area (Å²) in [6.07, 6.45) is -4.18. The van der Waals surface area contributed by atoms with Crippen molar-refractivity contribution in [2.75, 3.05) is 5.32 Å². The number of benzene rings is 1. The van der Waals surface area contributed by atoms with Gasteiger partial charge in [-0.1, -0.05) is 29.8 Å². The number of nitrogens with one attached hydrogen (secondary N) is 3. The second-order valence-corrected chi connectivity index (χ2v) is 5.82. The molecule has 3 N–H and O–H groups in total. The summed E-state index contributed by atoms with van der Waals surface area (Å²) in [4.78, 5) is 23.6. The zero-order chi connectivity index (χ0) is 19.3. The van der Waals surface area contributed by atoms with E-state index in [9.17, 15) is 22.8 Å². The van der Waals surface area contributed by atoms with E-state index in [0.29, 0.717) is 22.5 Å². The second-order valence-electron chi connectivity index (χ2n) is 5.00. The van der Waals surface area contributed by atoms with Crippen molar-refractivity contribution in [1.29, 1.82) is 0 Å². The Morgan fingerprint density at radius 3 is 2.46 bits per heavy atom. The van der Waals surface area contributed by atoms with E-state index in [4.69, 9.17) is 23.8 Å². The number of rotatable bonds is 3. The first-order valence-electron chi connectivity index (χ1n) is 7.05. The molecule has 26 heavy (non-hydrogen) atoms. The van der Waals surface area contributed by atoms with Crippen molar-refractivity contribution in [2.24, 2.45) is 0 Å². The first-order chi connectivity index (χ1) is 12.2. The summed E-state index contributed by atoms with van der Waals surface area (Å²) < 4.78 is 38.9. The lowest BCUT2D eigenvalue weighted by Crippen LogP contribution is -2.45. The molecule has 1 amide bonds. The maximum Gasteiger partial charge on any atom is 0.417 e. The Labute approximate surface area is 155 Å². The van der Waals surface area contributed by atoms with Gasteiger partial charge < -0.3 is 9.88 Å². The predicted molar refractivity (Wildman–Crippen MR) is 94.7 cm³/mol. The molecular formula is C15H12ClF3N4O2S. The van der Waals surface area contributed by atoms with E-state index < -0.39 is 34.8 Å². The van der Waals surface area contributed by atoms with Crippen molar-refractivity contribution in [3.05, 3.63) is 63.5 Å². The Morgan fingerprint density at radius 2 is 1.85 bits per heavy atom. The summed E-state index contributed by atoms with van der Waals surface area (Å²) in [6, 6.07) is 9.33. The van der Waals surface area contributed by atoms with Gasteiger partial charge in [0.25, 0.3) is 11.5 Å². The van der Waals surface area contributed by atoms with E-state index >= 15 is 0 Å². The molecule has 11 heteroatoms. The molecule has 0 spiro atoms. The fraction of sp³-hybridized carbons (Fsp3) is 0.133. The maximum absolute atomic E-state index is 12.8. The summed E-state index contributed by atoms with van der Waals surface area (Å²) in [7, 11) is 0. The lowest BCUT2D eigenvalue weighted by atomic mass is 10.2. The highest BCUT2D eigenvalue weighted by Gasteiger charge is 2.32. The molecule has 2 rings (SSSR count). The number of para-hydroxylation sites is 1. The zero-order valence-electron chi connectivity index (χ0n) is 12.9. The van der Waals surface area contributed by atoms with Gasteiger partial charge in [0.15, 0.2) is 5.11 Å². The van der Waals surface area contributed by atoms with Gasteiger partial charge in [0.05, 0.1) is 5.56 Å². The molecule has 0 saturated heterocycles. The first kappa shape index (κ1) is 19.7. The number of pyridine rings is 1. The zero-order valence-corrected chi connectivity index (χ0v) is 14.5. The monoisotopic (exact) mass is 404 g/mol. The van der Waals surface area contributed by atoms with Crippen LogP contribution < -0.4 is 21.7 Å². The van der Waals surface area contributed by atoms with Crippen LogP contribution in [0.2, 0.25) is 5.02 Å². The van der Waals surface area contributed by atoms with Crippen molar-refractivity contribution in [2.45, 2.75) is 12.7 Å². The Bertz CT molecular complexity index is 871. The summed E-state index contributed by atoms with van der Waals surface area (Å²) in [5.41, 5.74) is 3.17. The average molecular weight is 405 g/mol. The Morgan fingerprint density at radius 1 is 1.19 bits per heavy atom. The number of carbonyl (C=O) groups is 1. The van der Waals surface area contributed by atoms with Gasteiger partial charge in [-0.3, -0.25) is 20.4 Å². The van der Waals surface area contributed by atoms with Gasteiger partial charge in [-0.05, 0) is 30.4 Å². The van der Waals surface area contributed by atoms with Crippen molar-refractivity contribution in [3.63, 3.8) is 0 Å². The van der Waals surface area contributed by atoms with E-state index in [0.717, 1.165) is 0 Å². The first-order valence-corrected chi connectivity index (χ1v) is 7.83. The van der Waals surface area contributed by atoms with E-state index in [-0.39, 0.29) is 5.11 Å². The number of thiocarbonyl (C=S) groups is 1. The van der Waals surface area contributed by atoms with Crippen LogP contribution in [0.3, 0.4) is 0 Å². The number of nitrogens with zero attached hydrogens (tertiary/aromatic N) is 1. The number of alkyl halides is 3. The highest BCUT2D eigenvalue weighted by molar-refractivity contribution is 7.80. The van der Waals surface area contributed by atoms with Gasteiger partial charge in [0.2, 0.25) is 0 Å². The van der Waals surface area contributed by atoms with Crippen molar-refractivity contribution < 1.29 is 18.0 Å². The molecule has 6 nitrogen and oxygen atoms in total. The van der Waals surface area contributed by atoms with Crippen molar-refractivity contribution >= 4 is 40.5 Å². The normalized spacial score (nSPS) is 10.9. The number of hydrogen-bond acceptors (Lipinski definition) is 3. The number of hydrazine groups is 1. The van der Waals surface area contributed by atoms with Crippen molar-refractivity contribution in [3.8, 4) is 0 Å². The molecule has 0 aliphatic carbocycles. The van der Waals surface area contributed by atoms with E-state index in [1.165, 1.54) is 0 Å². The quantitative estimate of drug-likeness (QED) is 0.541.